The van der Waals surface area contributed by atoms with Crippen molar-refractivity contribution in [1.82, 2.24) is 9.97 Å². The van der Waals surface area contributed by atoms with Crippen LogP contribution in [0.5, 0.6) is 0 Å². The highest BCUT2D eigenvalue weighted by Gasteiger charge is 2.31. The van der Waals surface area contributed by atoms with Gasteiger partial charge in [-0.05, 0) is 18.6 Å². The molecule has 0 saturated heterocycles. The molecule has 0 aromatic carbocycles. The second-order valence-electron chi connectivity index (χ2n) is 3.35. The Hall–Kier alpha value is -1.75. The number of aryl methyl sites for hydroxylation is 1. The number of hydrogen-bond acceptors (Lipinski definition) is 4. The standard InChI is InChI=1S/C10H6N2O2S/c1-4-2-3-11-6-5(4)8-7(6)12-9(15-8)10(13)14/h2-3H,1H3,(H,13,14). The van der Waals surface area contributed by atoms with E-state index in [9.17, 15) is 4.79 Å². The predicted octanol–water partition coefficient (Wildman–Crippen LogP) is 2.19. The van der Waals surface area contributed by atoms with Crippen LogP contribution >= 0.6 is 11.3 Å². The van der Waals surface area contributed by atoms with Crippen molar-refractivity contribution in [3.05, 3.63) is 22.8 Å². The number of carbonyl (C=O) groups is 1. The summed E-state index contributed by atoms with van der Waals surface area (Å²) in [6.45, 7) is 1.99. The van der Waals surface area contributed by atoms with Gasteiger partial charge in [-0.1, -0.05) is 0 Å². The first-order valence-corrected chi connectivity index (χ1v) is 5.20. The van der Waals surface area contributed by atoms with Crippen LogP contribution < -0.4 is 0 Å². The van der Waals surface area contributed by atoms with Crippen molar-refractivity contribution in [2.45, 2.75) is 6.92 Å². The number of carboxylic acid groups (broad SMARTS) is 1. The lowest BCUT2D eigenvalue weighted by Gasteiger charge is -2.17. The number of pyridine rings is 1. The zero-order valence-corrected chi connectivity index (χ0v) is 8.63. The molecule has 0 aliphatic heterocycles. The van der Waals surface area contributed by atoms with Crippen LogP contribution in [-0.2, 0) is 0 Å². The minimum Gasteiger partial charge on any atom is -0.476 e. The molecule has 5 heteroatoms. The summed E-state index contributed by atoms with van der Waals surface area (Å²) in [7, 11) is 0. The van der Waals surface area contributed by atoms with Crippen molar-refractivity contribution in [3.8, 4) is 21.8 Å². The fourth-order valence-electron chi connectivity index (χ4n) is 1.70. The van der Waals surface area contributed by atoms with E-state index in [1.54, 1.807) is 6.20 Å². The average molecular weight is 218 g/mol. The maximum atomic E-state index is 10.8. The summed E-state index contributed by atoms with van der Waals surface area (Å²) in [4.78, 5) is 19.9. The van der Waals surface area contributed by atoms with Gasteiger partial charge in [0.15, 0.2) is 0 Å². The summed E-state index contributed by atoms with van der Waals surface area (Å²) < 4.78 is 0. The van der Waals surface area contributed by atoms with E-state index in [4.69, 9.17) is 5.11 Å². The van der Waals surface area contributed by atoms with Gasteiger partial charge < -0.3 is 5.11 Å². The van der Waals surface area contributed by atoms with Gasteiger partial charge in [-0.25, -0.2) is 9.78 Å². The molecule has 15 heavy (non-hydrogen) atoms. The molecule has 0 spiro atoms. The number of carboxylic acids is 1. The monoisotopic (exact) mass is 218 g/mol. The Morgan fingerprint density at radius 2 is 2.27 bits per heavy atom. The number of nitrogens with zero attached hydrogens (tertiary/aromatic N) is 2. The maximum absolute atomic E-state index is 10.8. The van der Waals surface area contributed by atoms with Gasteiger partial charge in [-0.15, -0.1) is 11.3 Å². The van der Waals surface area contributed by atoms with E-state index in [1.807, 2.05) is 13.0 Å². The Morgan fingerprint density at radius 3 is 3.00 bits per heavy atom. The van der Waals surface area contributed by atoms with Gasteiger partial charge in [0.05, 0.1) is 10.6 Å². The molecule has 74 valence electrons. The highest BCUT2D eigenvalue weighted by Crippen LogP contribution is 2.50. The van der Waals surface area contributed by atoms with Gasteiger partial charge in [-0.3, -0.25) is 4.98 Å². The van der Waals surface area contributed by atoms with Crippen LogP contribution in [0.4, 0.5) is 0 Å². The van der Waals surface area contributed by atoms with Crippen LogP contribution in [0.3, 0.4) is 0 Å². The normalized spacial score (nSPS) is 11.5. The van der Waals surface area contributed by atoms with Gasteiger partial charge in [0.1, 0.15) is 5.69 Å². The molecule has 0 amide bonds. The fraction of sp³-hybridized carbons (Fsp3) is 0.100. The van der Waals surface area contributed by atoms with Crippen LogP contribution in [0.15, 0.2) is 12.3 Å². The zero-order valence-electron chi connectivity index (χ0n) is 7.81. The molecule has 3 rings (SSSR count). The Kier molecular flexibility index (Phi) is 1.50. The third kappa shape index (κ3) is 0.979. The van der Waals surface area contributed by atoms with Crippen molar-refractivity contribution in [2.24, 2.45) is 0 Å². The summed E-state index contributed by atoms with van der Waals surface area (Å²) in [5.41, 5.74) is 3.73. The van der Waals surface area contributed by atoms with Gasteiger partial charge in [-0.2, -0.15) is 0 Å². The van der Waals surface area contributed by atoms with Gasteiger partial charge >= 0.3 is 5.97 Å². The summed E-state index contributed by atoms with van der Waals surface area (Å²) in [6, 6.07) is 1.92. The smallest absolute Gasteiger partial charge is 0.365 e. The Labute approximate surface area is 89.2 Å². The van der Waals surface area contributed by atoms with Crippen molar-refractivity contribution >= 4 is 17.3 Å². The average Bonchev–Trinajstić information content (AvgIpc) is 2.53. The van der Waals surface area contributed by atoms with Crippen LogP contribution in [0.25, 0.3) is 21.8 Å². The van der Waals surface area contributed by atoms with Crippen LogP contribution in [0, 0.1) is 6.92 Å². The second kappa shape index (κ2) is 2.64. The summed E-state index contributed by atoms with van der Waals surface area (Å²) in [5, 5.41) is 8.96. The Balaban J connectivity index is 2.22. The van der Waals surface area contributed by atoms with E-state index in [1.165, 1.54) is 11.3 Å². The molecule has 0 fully saturated rings. The summed E-state index contributed by atoms with van der Waals surface area (Å²) >= 11 is 1.22. The number of aromatic carboxylic acids is 1. The Bertz CT molecular complexity index is 589. The van der Waals surface area contributed by atoms with E-state index >= 15 is 0 Å². The van der Waals surface area contributed by atoms with Crippen molar-refractivity contribution < 1.29 is 9.90 Å². The lowest BCUT2D eigenvalue weighted by atomic mass is 9.93. The molecule has 2 aromatic heterocycles. The maximum Gasteiger partial charge on any atom is 0.365 e. The minimum atomic E-state index is -0.974. The topological polar surface area (TPSA) is 63.1 Å². The first-order valence-electron chi connectivity index (χ1n) is 4.39. The van der Waals surface area contributed by atoms with E-state index < -0.39 is 5.97 Å². The van der Waals surface area contributed by atoms with Crippen LogP contribution in [-0.4, -0.2) is 21.0 Å². The first kappa shape index (κ1) is 8.55. The third-order valence-electron chi connectivity index (χ3n) is 2.42. The third-order valence-corrected chi connectivity index (χ3v) is 3.48. The van der Waals surface area contributed by atoms with Crippen LogP contribution in [0.1, 0.15) is 15.4 Å². The molecule has 4 nitrogen and oxygen atoms in total. The van der Waals surface area contributed by atoms with Gasteiger partial charge in [0.2, 0.25) is 5.01 Å². The quantitative estimate of drug-likeness (QED) is 0.680. The molecular formula is C10H6N2O2S. The molecule has 1 N–H and O–H groups in total. The molecule has 2 heterocycles. The predicted molar refractivity (Wildman–Crippen MR) is 56.0 cm³/mol. The minimum absolute atomic E-state index is 0.136. The molecule has 0 saturated carbocycles. The summed E-state index contributed by atoms with van der Waals surface area (Å²) in [6.07, 6.45) is 1.72. The number of fused-ring (bicyclic) bond motifs is 4. The number of aromatic nitrogens is 2. The van der Waals surface area contributed by atoms with Gasteiger partial charge in [0, 0.05) is 11.8 Å². The Morgan fingerprint density at radius 1 is 1.47 bits per heavy atom. The number of rotatable bonds is 1. The molecular weight excluding hydrogens is 212 g/mol. The second-order valence-corrected chi connectivity index (χ2v) is 4.35. The fourth-order valence-corrected chi connectivity index (χ4v) is 2.72. The van der Waals surface area contributed by atoms with Crippen molar-refractivity contribution in [2.75, 3.05) is 0 Å². The molecule has 0 atom stereocenters. The largest absolute Gasteiger partial charge is 0.476 e. The van der Waals surface area contributed by atoms with Crippen LogP contribution in [0.2, 0.25) is 0 Å². The van der Waals surface area contributed by atoms with E-state index in [-0.39, 0.29) is 5.01 Å². The van der Waals surface area contributed by atoms with Gasteiger partial charge in [0.25, 0.3) is 0 Å². The highest BCUT2D eigenvalue weighted by molar-refractivity contribution is 7.18. The zero-order chi connectivity index (χ0) is 10.6. The number of hydrogen-bond donors (Lipinski definition) is 1. The van der Waals surface area contributed by atoms with E-state index in [2.05, 4.69) is 9.97 Å². The molecule has 0 bridgehead atoms. The molecule has 0 unspecified atom stereocenters. The lowest BCUT2D eigenvalue weighted by Crippen LogP contribution is -2.01. The lowest BCUT2D eigenvalue weighted by molar-refractivity contribution is 0.0696. The van der Waals surface area contributed by atoms with Crippen molar-refractivity contribution in [1.29, 1.82) is 0 Å². The highest BCUT2D eigenvalue weighted by atomic mass is 32.1. The molecule has 0 radical (unpaired) electrons. The first-order chi connectivity index (χ1) is 7.18. The van der Waals surface area contributed by atoms with E-state index in [0.717, 1.165) is 27.4 Å². The van der Waals surface area contributed by atoms with Crippen molar-refractivity contribution in [3.63, 3.8) is 0 Å². The van der Waals surface area contributed by atoms with E-state index in [0.29, 0.717) is 0 Å². The number of thiazole rings is 1. The molecule has 1 aliphatic carbocycles. The summed E-state index contributed by atoms with van der Waals surface area (Å²) in [5.74, 6) is -0.974. The molecule has 2 aromatic rings. The SMILES string of the molecule is Cc1ccnc2c1-c1sc(C(=O)O)nc1-2. The molecule has 1 aliphatic rings.